The van der Waals surface area contributed by atoms with E-state index in [4.69, 9.17) is 4.74 Å². The summed E-state index contributed by atoms with van der Waals surface area (Å²) < 4.78 is 6.76. The first-order chi connectivity index (χ1) is 17.4. The van der Waals surface area contributed by atoms with Crippen molar-refractivity contribution in [2.45, 2.75) is 26.7 Å². The van der Waals surface area contributed by atoms with Gasteiger partial charge in [-0.25, -0.2) is 0 Å². The molecule has 0 unspecified atom stereocenters. The van der Waals surface area contributed by atoms with E-state index in [9.17, 15) is 9.59 Å². The van der Waals surface area contributed by atoms with Crippen LogP contribution in [0.2, 0.25) is 0 Å². The van der Waals surface area contributed by atoms with E-state index in [0.717, 1.165) is 26.5 Å². The second kappa shape index (κ2) is 11.4. The number of amides is 2. The molecule has 0 atom stereocenters. The van der Waals surface area contributed by atoms with Crippen molar-refractivity contribution in [3.8, 4) is 5.75 Å². The molecule has 5 nitrogen and oxygen atoms in total. The molecule has 4 aromatic carbocycles. The molecule has 0 saturated carbocycles. The van der Waals surface area contributed by atoms with Crippen LogP contribution in [0.4, 0.5) is 11.4 Å². The molecule has 0 heterocycles. The lowest BCUT2D eigenvalue weighted by molar-refractivity contribution is -0.118. The number of fused-ring (bicyclic) bond motifs is 1. The van der Waals surface area contributed by atoms with Gasteiger partial charge in [-0.2, -0.15) is 0 Å². The molecule has 0 aromatic heterocycles. The minimum atomic E-state index is -0.266. The van der Waals surface area contributed by atoms with Gasteiger partial charge in [-0.1, -0.05) is 66.2 Å². The third-order valence-electron chi connectivity index (χ3n) is 5.99. The molecular formula is C30H29BrN2O3. The number of nitrogens with one attached hydrogen (secondary N) is 1. The van der Waals surface area contributed by atoms with Gasteiger partial charge in [-0.05, 0) is 72.3 Å². The molecule has 0 aliphatic carbocycles. The van der Waals surface area contributed by atoms with Crippen molar-refractivity contribution in [2.75, 3.05) is 23.4 Å². The fraction of sp³-hybridized carbons (Fsp3) is 0.200. The van der Waals surface area contributed by atoms with Crippen molar-refractivity contribution < 1.29 is 14.3 Å². The van der Waals surface area contributed by atoms with E-state index in [-0.39, 0.29) is 24.3 Å². The van der Waals surface area contributed by atoms with Crippen LogP contribution >= 0.6 is 15.9 Å². The molecule has 36 heavy (non-hydrogen) atoms. The lowest BCUT2D eigenvalue weighted by Crippen LogP contribution is -2.30. The highest BCUT2D eigenvalue weighted by molar-refractivity contribution is 9.10. The number of ether oxygens (including phenoxy) is 1. The summed E-state index contributed by atoms with van der Waals surface area (Å²) in [5.74, 6) is 0.601. The Bertz CT molecular complexity index is 1380. The van der Waals surface area contributed by atoms with Crippen molar-refractivity contribution in [1.29, 1.82) is 0 Å². The first-order valence-corrected chi connectivity index (χ1v) is 12.8. The first kappa shape index (κ1) is 25.5. The van der Waals surface area contributed by atoms with Crippen molar-refractivity contribution in [2.24, 2.45) is 0 Å². The smallest absolute Gasteiger partial charge is 0.262 e. The molecule has 184 valence electrons. The molecule has 0 radical (unpaired) electrons. The van der Waals surface area contributed by atoms with Gasteiger partial charge >= 0.3 is 0 Å². The monoisotopic (exact) mass is 544 g/mol. The Hall–Kier alpha value is -3.64. The Morgan fingerprint density at radius 2 is 1.67 bits per heavy atom. The number of benzene rings is 4. The second-order valence-corrected chi connectivity index (χ2v) is 9.71. The lowest BCUT2D eigenvalue weighted by atomic mass is 10.0. The van der Waals surface area contributed by atoms with Crippen LogP contribution < -0.4 is 15.0 Å². The summed E-state index contributed by atoms with van der Waals surface area (Å²) in [6.45, 7) is 6.56. The summed E-state index contributed by atoms with van der Waals surface area (Å²) in [7, 11) is 0. The fourth-order valence-corrected chi connectivity index (χ4v) is 4.54. The lowest BCUT2D eigenvalue weighted by Gasteiger charge is -2.23. The minimum Gasteiger partial charge on any atom is -0.483 e. The summed E-state index contributed by atoms with van der Waals surface area (Å²) in [5.41, 5.74) is 3.07. The van der Waals surface area contributed by atoms with Gasteiger partial charge in [0.15, 0.2) is 6.61 Å². The number of rotatable bonds is 8. The molecule has 4 aromatic rings. The normalized spacial score (nSPS) is 10.9. The average molecular weight is 545 g/mol. The SMILES string of the molecule is CCN(C(=O)c1ccc(NC(=O)COc2ccc(Br)cc2C(C)C)cc1)c1cccc2ccccc12. The van der Waals surface area contributed by atoms with Gasteiger partial charge in [0.05, 0.1) is 5.69 Å². The maximum Gasteiger partial charge on any atom is 0.262 e. The van der Waals surface area contributed by atoms with Gasteiger partial charge in [0.2, 0.25) is 0 Å². The van der Waals surface area contributed by atoms with Crippen LogP contribution in [0.3, 0.4) is 0 Å². The predicted molar refractivity (Wildman–Crippen MR) is 150 cm³/mol. The zero-order chi connectivity index (χ0) is 25.7. The summed E-state index contributed by atoms with van der Waals surface area (Å²) in [5, 5.41) is 4.96. The summed E-state index contributed by atoms with van der Waals surface area (Å²) >= 11 is 3.48. The summed E-state index contributed by atoms with van der Waals surface area (Å²) in [6.07, 6.45) is 0. The Balaban J connectivity index is 1.42. The molecule has 0 aliphatic heterocycles. The summed E-state index contributed by atoms with van der Waals surface area (Å²) in [4.78, 5) is 27.6. The molecule has 2 amide bonds. The van der Waals surface area contributed by atoms with Crippen LogP contribution in [0.1, 0.15) is 42.6 Å². The number of carbonyl (C=O) groups is 2. The zero-order valence-electron chi connectivity index (χ0n) is 20.6. The molecule has 0 fully saturated rings. The van der Waals surface area contributed by atoms with Crippen LogP contribution in [-0.2, 0) is 4.79 Å². The Morgan fingerprint density at radius 1 is 0.944 bits per heavy atom. The fourth-order valence-electron chi connectivity index (χ4n) is 4.16. The quantitative estimate of drug-likeness (QED) is 0.251. The number of nitrogens with zero attached hydrogens (tertiary/aromatic N) is 1. The van der Waals surface area contributed by atoms with Gasteiger partial charge < -0.3 is 15.0 Å². The van der Waals surface area contributed by atoms with Gasteiger partial charge in [-0.3, -0.25) is 9.59 Å². The number of hydrogen-bond acceptors (Lipinski definition) is 3. The van der Waals surface area contributed by atoms with E-state index in [1.165, 1.54) is 0 Å². The molecule has 0 saturated heterocycles. The topological polar surface area (TPSA) is 58.6 Å². The molecule has 0 bridgehead atoms. The maximum atomic E-state index is 13.3. The van der Waals surface area contributed by atoms with Crippen molar-refractivity contribution in [3.05, 3.63) is 101 Å². The maximum absolute atomic E-state index is 13.3. The van der Waals surface area contributed by atoms with Gasteiger partial charge in [0, 0.05) is 27.7 Å². The van der Waals surface area contributed by atoms with Crippen molar-refractivity contribution in [3.63, 3.8) is 0 Å². The standard InChI is InChI=1S/C30H29BrN2O3/c1-4-33(27-11-7-9-21-8-5-6-10-25(21)27)30(35)22-12-15-24(16-13-22)32-29(34)19-36-28-17-14-23(31)18-26(28)20(2)3/h5-18,20H,4,19H2,1-3H3,(H,32,34). The summed E-state index contributed by atoms with van der Waals surface area (Å²) in [6, 6.07) is 26.7. The average Bonchev–Trinajstić information content (AvgIpc) is 2.88. The van der Waals surface area contributed by atoms with Crippen LogP contribution in [0, 0.1) is 0 Å². The highest BCUT2D eigenvalue weighted by Crippen LogP contribution is 2.30. The van der Waals surface area contributed by atoms with E-state index in [1.54, 1.807) is 29.2 Å². The zero-order valence-corrected chi connectivity index (χ0v) is 22.2. The van der Waals surface area contributed by atoms with Gasteiger partial charge in [-0.15, -0.1) is 0 Å². The van der Waals surface area contributed by atoms with Crippen molar-refractivity contribution >= 4 is 49.9 Å². The second-order valence-electron chi connectivity index (χ2n) is 8.80. The van der Waals surface area contributed by atoms with Crippen LogP contribution in [0.25, 0.3) is 10.8 Å². The van der Waals surface area contributed by atoms with Gasteiger partial charge in [0.25, 0.3) is 11.8 Å². The van der Waals surface area contributed by atoms with E-state index < -0.39 is 0 Å². The third-order valence-corrected chi connectivity index (χ3v) is 6.48. The van der Waals surface area contributed by atoms with Crippen LogP contribution in [-0.4, -0.2) is 25.0 Å². The Morgan fingerprint density at radius 3 is 2.39 bits per heavy atom. The number of carbonyl (C=O) groups excluding carboxylic acids is 2. The Kier molecular flexibility index (Phi) is 8.06. The van der Waals surface area contributed by atoms with Crippen molar-refractivity contribution in [1.82, 2.24) is 0 Å². The number of anilines is 2. The molecule has 6 heteroatoms. The predicted octanol–water partition coefficient (Wildman–Crippen LogP) is 7.41. The van der Waals surface area contributed by atoms with E-state index >= 15 is 0 Å². The third kappa shape index (κ3) is 5.77. The van der Waals surface area contributed by atoms with Crippen LogP contribution in [0.5, 0.6) is 5.75 Å². The number of hydrogen-bond donors (Lipinski definition) is 1. The van der Waals surface area contributed by atoms with E-state index in [2.05, 4.69) is 35.1 Å². The van der Waals surface area contributed by atoms with Crippen LogP contribution in [0.15, 0.2) is 89.4 Å². The molecule has 1 N–H and O–H groups in total. The van der Waals surface area contributed by atoms with Gasteiger partial charge in [0.1, 0.15) is 5.75 Å². The molecular weight excluding hydrogens is 516 g/mol. The largest absolute Gasteiger partial charge is 0.483 e. The highest BCUT2D eigenvalue weighted by atomic mass is 79.9. The highest BCUT2D eigenvalue weighted by Gasteiger charge is 2.18. The Labute approximate surface area is 220 Å². The van der Waals surface area contributed by atoms with E-state index in [1.807, 2.05) is 67.6 Å². The van der Waals surface area contributed by atoms with E-state index in [0.29, 0.717) is 23.5 Å². The molecule has 0 spiro atoms. The minimum absolute atomic E-state index is 0.0912. The number of halogens is 1. The molecule has 4 rings (SSSR count). The first-order valence-electron chi connectivity index (χ1n) is 12.0. The molecule has 0 aliphatic rings.